The van der Waals surface area contributed by atoms with E-state index in [1.54, 1.807) is 0 Å². The molecule has 0 aromatic heterocycles. The maximum absolute atomic E-state index is 9.72. The smallest absolute Gasteiger partial charge is 0.177 e. The standard InChI is InChI=1S/C13H15NO2/c1-9-12(15)13(16)11(14-9)8-7-10-5-3-2-4-6-10/h2-6,9,11-16H,1H3/p+1/t9-,11-,12+,13-/m0/s1. The summed E-state index contributed by atoms with van der Waals surface area (Å²) in [5.41, 5.74) is 0.928. The summed E-state index contributed by atoms with van der Waals surface area (Å²) >= 11 is 0. The molecule has 84 valence electrons. The molecule has 1 fully saturated rings. The lowest BCUT2D eigenvalue weighted by Gasteiger charge is -2.05. The van der Waals surface area contributed by atoms with Crippen LogP contribution in [0.5, 0.6) is 0 Å². The summed E-state index contributed by atoms with van der Waals surface area (Å²) in [6.07, 6.45) is -1.44. The molecule has 1 aromatic carbocycles. The summed E-state index contributed by atoms with van der Waals surface area (Å²) in [7, 11) is 0. The summed E-state index contributed by atoms with van der Waals surface area (Å²) in [5.74, 6) is 6.00. The summed E-state index contributed by atoms with van der Waals surface area (Å²) in [4.78, 5) is 0. The Morgan fingerprint density at radius 2 is 1.81 bits per heavy atom. The number of hydrogen-bond donors (Lipinski definition) is 3. The first-order chi connectivity index (χ1) is 7.68. The Morgan fingerprint density at radius 1 is 1.12 bits per heavy atom. The second-order valence-electron chi connectivity index (χ2n) is 4.19. The third-order valence-corrected chi connectivity index (χ3v) is 2.92. The third kappa shape index (κ3) is 2.25. The summed E-state index contributed by atoms with van der Waals surface area (Å²) in [5, 5.41) is 21.2. The molecule has 0 amide bonds. The van der Waals surface area contributed by atoms with E-state index in [4.69, 9.17) is 0 Å². The van der Waals surface area contributed by atoms with Crippen LogP contribution in [-0.4, -0.2) is 34.5 Å². The van der Waals surface area contributed by atoms with Crippen molar-refractivity contribution >= 4 is 0 Å². The quantitative estimate of drug-likeness (QED) is 0.494. The minimum absolute atomic E-state index is 0.00470. The molecule has 0 unspecified atom stereocenters. The first-order valence-electron chi connectivity index (χ1n) is 5.46. The van der Waals surface area contributed by atoms with Crippen molar-refractivity contribution in [2.24, 2.45) is 0 Å². The van der Waals surface area contributed by atoms with Crippen molar-refractivity contribution in [2.75, 3.05) is 0 Å². The van der Waals surface area contributed by atoms with Gasteiger partial charge in [-0.2, -0.15) is 0 Å². The number of aliphatic hydroxyl groups is 2. The highest BCUT2D eigenvalue weighted by Crippen LogP contribution is 2.06. The number of quaternary nitrogens is 1. The monoisotopic (exact) mass is 218 g/mol. The van der Waals surface area contributed by atoms with E-state index in [0.717, 1.165) is 5.56 Å². The zero-order chi connectivity index (χ0) is 11.5. The minimum atomic E-state index is -0.758. The summed E-state index contributed by atoms with van der Waals surface area (Å²) in [6.45, 7) is 1.89. The molecule has 1 aliphatic rings. The molecule has 0 radical (unpaired) electrons. The summed E-state index contributed by atoms with van der Waals surface area (Å²) in [6, 6.07) is 9.41. The van der Waals surface area contributed by atoms with E-state index in [9.17, 15) is 10.2 Å². The molecular formula is C13H16NO2+. The van der Waals surface area contributed by atoms with Crippen molar-refractivity contribution < 1.29 is 15.5 Å². The average Bonchev–Trinajstić information content (AvgIpc) is 2.56. The largest absolute Gasteiger partial charge is 0.384 e. The lowest BCUT2D eigenvalue weighted by Crippen LogP contribution is -2.92. The van der Waals surface area contributed by atoms with Crippen molar-refractivity contribution in [1.29, 1.82) is 0 Å². The molecule has 0 aliphatic carbocycles. The lowest BCUT2D eigenvalue weighted by atomic mass is 10.1. The van der Waals surface area contributed by atoms with Gasteiger partial charge in [-0.25, -0.2) is 0 Å². The van der Waals surface area contributed by atoms with Crippen LogP contribution in [0.1, 0.15) is 12.5 Å². The molecule has 16 heavy (non-hydrogen) atoms. The fraction of sp³-hybridized carbons (Fsp3) is 0.385. The van der Waals surface area contributed by atoms with E-state index in [2.05, 4.69) is 11.8 Å². The molecule has 3 heteroatoms. The SMILES string of the molecule is C[C@@H]1[NH2+][C@@H](C#Cc2ccccc2)[C@H](O)[C@@H]1O. The zero-order valence-corrected chi connectivity index (χ0v) is 9.17. The predicted octanol–water partition coefficient (Wildman–Crippen LogP) is -0.906. The van der Waals surface area contributed by atoms with E-state index in [-0.39, 0.29) is 12.1 Å². The molecule has 4 atom stereocenters. The van der Waals surface area contributed by atoms with Crippen LogP contribution in [0.3, 0.4) is 0 Å². The average molecular weight is 218 g/mol. The Morgan fingerprint density at radius 3 is 2.38 bits per heavy atom. The number of rotatable bonds is 0. The first-order valence-corrected chi connectivity index (χ1v) is 5.46. The Hall–Kier alpha value is -1.34. The second kappa shape index (κ2) is 4.67. The lowest BCUT2D eigenvalue weighted by molar-refractivity contribution is -0.692. The fourth-order valence-corrected chi connectivity index (χ4v) is 1.90. The predicted molar refractivity (Wildman–Crippen MR) is 60.5 cm³/mol. The van der Waals surface area contributed by atoms with Gasteiger partial charge in [-0.3, -0.25) is 0 Å². The molecule has 1 saturated heterocycles. The molecule has 1 heterocycles. The number of hydrogen-bond acceptors (Lipinski definition) is 2. The van der Waals surface area contributed by atoms with Crippen LogP contribution in [-0.2, 0) is 0 Å². The van der Waals surface area contributed by atoms with Crippen LogP contribution in [0, 0.1) is 11.8 Å². The number of nitrogens with two attached hydrogens (primary N) is 1. The normalized spacial score (nSPS) is 33.2. The second-order valence-corrected chi connectivity index (χ2v) is 4.19. The highest BCUT2D eigenvalue weighted by atomic mass is 16.3. The van der Waals surface area contributed by atoms with Crippen molar-refractivity contribution in [2.45, 2.75) is 31.2 Å². The van der Waals surface area contributed by atoms with Gasteiger partial charge >= 0.3 is 0 Å². The van der Waals surface area contributed by atoms with Gasteiger partial charge in [-0.05, 0) is 25.0 Å². The molecule has 4 N–H and O–H groups in total. The molecule has 2 rings (SSSR count). The van der Waals surface area contributed by atoms with E-state index in [1.165, 1.54) is 0 Å². The Bertz CT molecular complexity index is 407. The van der Waals surface area contributed by atoms with Crippen LogP contribution in [0.15, 0.2) is 30.3 Å². The topological polar surface area (TPSA) is 57.1 Å². The van der Waals surface area contributed by atoms with Crippen LogP contribution in [0.4, 0.5) is 0 Å². The Kier molecular flexibility index (Phi) is 3.25. The van der Waals surface area contributed by atoms with Crippen molar-refractivity contribution in [3.63, 3.8) is 0 Å². The number of aliphatic hydroxyl groups excluding tert-OH is 2. The van der Waals surface area contributed by atoms with Crippen LogP contribution in [0.2, 0.25) is 0 Å². The van der Waals surface area contributed by atoms with Gasteiger partial charge in [-0.1, -0.05) is 24.1 Å². The Balaban J connectivity index is 2.09. The fourth-order valence-electron chi connectivity index (χ4n) is 1.90. The zero-order valence-electron chi connectivity index (χ0n) is 9.17. The van der Waals surface area contributed by atoms with Gasteiger partial charge < -0.3 is 15.5 Å². The van der Waals surface area contributed by atoms with Gasteiger partial charge in [0.15, 0.2) is 6.04 Å². The van der Waals surface area contributed by atoms with Gasteiger partial charge in [0, 0.05) is 5.56 Å². The third-order valence-electron chi connectivity index (χ3n) is 2.92. The molecular weight excluding hydrogens is 202 g/mol. The van der Waals surface area contributed by atoms with Gasteiger partial charge in [-0.15, -0.1) is 0 Å². The molecule has 1 aromatic rings. The highest BCUT2D eigenvalue weighted by Gasteiger charge is 2.41. The van der Waals surface area contributed by atoms with E-state index in [1.807, 2.05) is 42.6 Å². The van der Waals surface area contributed by atoms with E-state index in [0.29, 0.717) is 0 Å². The number of benzene rings is 1. The van der Waals surface area contributed by atoms with Crippen LogP contribution in [0.25, 0.3) is 0 Å². The van der Waals surface area contributed by atoms with E-state index >= 15 is 0 Å². The van der Waals surface area contributed by atoms with Crippen LogP contribution >= 0.6 is 0 Å². The summed E-state index contributed by atoms with van der Waals surface area (Å²) < 4.78 is 0. The van der Waals surface area contributed by atoms with Crippen molar-refractivity contribution in [3.8, 4) is 11.8 Å². The maximum atomic E-state index is 9.72. The molecule has 0 bridgehead atoms. The van der Waals surface area contributed by atoms with E-state index < -0.39 is 12.2 Å². The maximum Gasteiger partial charge on any atom is 0.177 e. The molecule has 0 saturated carbocycles. The molecule has 3 nitrogen and oxygen atoms in total. The van der Waals surface area contributed by atoms with Crippen LogP contribution < -0.4 is 5.32 Å². The van der Waals surface area contributed by atoms with Crippen molar-refractivity contribution in [1.82, 2.24) is 0 Å². The van der Waals surface area contributed by atoms with Gasteiger partial charge in [0.05, 0.1) is 0 Å². The Labute approximate surface area is 95.1 Å². The molecule has 1 aliphatic heterocycles. The first kappa shape index (κ1) is 11.2. The van der Waals surface area contributed by atoms with Gasteiger partial charge in [0.25, 0.3) is 0 Å². The highest BCUT2D eigenvalue weighted by molar-refractivity contribution is 5.34. The van der Waals surface area contributed by atoms with Gasteiger partial charge in [0.2, 0.25) is 0 Å². The molecule has 0 spiro atoms. The van der Waals surface area contributed by atoms with Crippen molar-refractivity contribution in [3.05, 3.63) is 35.9 Å². The minimum Gasteiger partial charge on any atom is -0.384 e. The van der Waals surface area contributed by atoms with Gasteiger partial charge in [0.1, 0.15) is 18.2 Å².